The van der Waals surface area contributed by atoms with E-state index in [1.807, 2.05) is 6.92 Å². The molecule has 6 nitrogen and oxygen atoms in total. The summed E-state index contributed by atoms with van der Waals surface area (Å²) in [4.78, 5) is 26.7. The largest absolute Gasteiger partial charge is 0.491 e. The molecule has 1 aromatic carbocycles. The Morgan fingerprint density at radius 1 is 1.32 bits per heavy atom. The molecule has 1 amide bonds. The first-order valence-corrected chi connectivity index (χ1v) is 8.46. The Labute approximate surface area is 160 Å². The van der Waals surface area contributed by atoms with Gasteiger partial charge < -0.3 is 14.4 Å². The first-order valence-electron chi connectivity index (χ1n) is 7.30. The van der Waals surface area contributed by atoms with Gasteiger partial charge in [0.15, 0.2) is 10.9 Å². The number of amides is 1. The molecule has 1 heterocycles. The first kappa shape index (κ1) is 19.5. The predicted molar refractivity (Wildman–Crippen MR) is 99.7 cm³/mol. The highest BCUT2D eigenvalue weighted by Gasteiger charge is 2.37. The van der Waals surface area contributed by atoms with Crippen molar-refractivity contribution in [1.82, 2.24) is 9.80 Å². The lowest BCUT2D eigenvalue weighted by molar-refractivity contribution is -0.143. The monoisotopic (exact) mass is 402 g/mol. The van der Waals surface area contributed by atoms with Gasteiger partial charge in [0.05, 0.1) is 23.8 Å². The number of rotatable bonds is 5. The molecular formula is C16H16Cl2N2O4S. The molecule has 1 aliphatic heterocycles. The van der Waals surface area contributed by atoms with Gasteiger partial charge in [-0.15, -0.1) is 0 Å². The zero-order chi connectivity index (χ0) is 18.7. The average molecular weight is 403 g/mol. The van der Waals surface area contributed by atoms with Crippen LogP contribution in [0.3, 0.4) is 0 Å². The number of carbonyl (C=O) groups is 2. The second kappa shape index (κ2) is 8.03. The van der Waals surface area contributed by atoms with Crippen molar-refractivity contribution in [3.05, 3.63) is 33.4 Å². The van der Waals surface area contributed by atoms with Gasteiger partial charge in [-0.1, -0.05) is 23.2 Å². The third-order valence-electron chi connectivity index (χ3n) is 3.47. The molecule has 0 atom stereocenters. The summed E-state index contributed by atoms with van der Waals surface area (Å²) >= 11 is 17.6. The Bertz CT molecular complexity index is 743. The van der Waals surface area contributed by atoms with Crippen LogP contribution in [0.4, 0.5) is 0 Å². The summed E-state index contributed by atoms with van der Waals surface area (Å²) in [6, 6.07) is 3.27. The molecular weight excluding hydrogens is 387 g/mol. The smallest absolute Gasteiger partial charge is 0.325 e. The molecule has 0 aliphatic carbocycles. The molecule has 0 spiro atoms. The van der Waals surface area contributed by atoms with Gasteiger partial charge in [-0.05, 0) is 42.9 Å². The lowest BCUT2D eigenvalue weighted by Crippen LogP contribution is -2.36. The molecule has 1 aliphatic rings. The third-order valence-corrected chi connectivity index (χ3v) is 4.53. The molecule has 1 saturated heterocycles. The fourth-order valence-electron chi connectivity index (χ4n) is 2.25. The molecule has 0 bridgehead atoms. The SMILES string of the molecule is CCOc1c(Cl)cc(/C=C2/C(=O)N(CC(=O)OC)C(=S)N2C)cc1Cl. The second-order valence-electron chi connectivity index (χ2n) is 5.09. The molecule has 0 unspecified atom stereocenters. The minimum atomic E-state index is -0.558. The number of methoxy groups -OCH3 is 1. The first-order chi connectivity index (χ1) is 11.8. The van der Waals surface area contributed by atoms with E-state index in [2.05, 4.69) is 4.74 Å². The summed E-state index contributed by atoms with van der Waals surface area (Å²) in [7, 11) is 2.89. The van der Waals surface area contributed by atoms with Crippen LogP contribution in [0.2, 0.25) is 10.0 Å². The highest BCUT2D eigenvalue weighted by Crippen LogP contribution is 2.35. The van der Waals surface area contributed by atoms with Crippen molar-refractivity contribution >= 4 is 58.5 Å². The van der Waals surface area contributed by atoms with Crippen LogP contribution in [0.15, 0.2) is 17.8 Å². The van der Waals surface area contributed by atoms with E-state index in [1.54, 1.807) is 25.3 Å². The number of benzene rings is 1. The van der Waals surface area contributed by atoms with Gasteiger partial charge in [-0.2, -0.15) is 0 Å². The van der Waals surface area contributed by atoms with E-state index in [9.17, 15) is 9.59 Å². The Balaban J connectivity index is 2.36. The van der Waals surface area contributed by atoms with E-state index in [0.717, 1.165) is 0 Å². The normalized spacial score (nSPS) is 16.0. The highest BCUT2D eigenvalue weighted by atomic mass is 35.5. The second-order valence-corrected chi connectivity index (χ2v) is 6.26. The van der Waals surface area contributed by atoms with Gasteiger partial charge in [0.25, 0.3) is 5.91 Å². The number of hydrogen-bond acceptors (Lipinski definition) is 5. The molecule has 25 heavy (non-hydrogen) atoms. The lowest BCUT2D eigenvalue weighted by atomic mass is 10.1. The molecule has 0 radical (unpaired) electrons. The van der Waals surface area contributed by atoms with E-state index in [-0.39, 0.29) is 11.7 Å². The molecule has 0 saturated carbocycles. The molecule has 2 rings (SSSR count). The number of nitrogens with zero attached hydrogens (tertiary/aromatic N) is 2. The summed E-state index contributed by atoms with van der Waals surface area (Å²) in [6.45, 7) is 2.00. The van der Waals surface area contributed by atoms with Crippen LogP contribution in [0, 0.1) is 0 Å². The van der Waals surface area contributed by atoms with Crippen LogP contribution in [-0.4, -0.2) is 54.1 Å². The minimum absolute atomic E-state index is 0.213. The number of likely N-dealkylation sites (N-methyl/N-ethyl adjacent to an activating group) is 1. The van der Waals surface area contributed by atoms with Gasteiger partial charge in [0, 0.05) is 7.05 Å². The Kier molecular flexibility index (Phi) is 6.26. The predicted octanol–water partition coefficient (Wildman–Crippen LogP) is 2.96. The summed E-state index contributed by atoms with van der Waals surface area (Å²) < 4.78 is 9.97. The van der Waals surface area contributed by atoms with Crippen LogP contribution in [-0.2, 0) is 14.3 Å². The summed E-state index contributed by atoms with van der Waals surface area (Å²) in [6.07, 6.45) is 1.60. The molecule has 1 fully saturated rings. The van der Waals surface area contributed by atoms with Gasteiger partial charge in [0.2, 0.25) is 0 Å². The third kappa shape index (κ3) is 4.05. The van der Waals surface area contributed by atoms with Crippen molar-refractivity contribution in [1.29, 1.82) is 0 Å². The number of ether oxygens (including phenoxy) is 2. The van der Waals surface area contributed by atoms with Crippen LogP contribution >= 0.6 is 35.4 Å². The maximum atomic E-state index is 12.6. The number of hydrogen-bond donors (Lipinski definition) is 0. The van der Waals surface area contributed by atoms with Crippen LogP contribution in [0.5, 0.6) is 5.75 Å². The van der Waals surface area contributed by atoms with E-state index >= 15 is 0 Å². The molecule has 0 N–H and O–H groups in total. The molecule has 9 heteroatoms. The quantitative estimate of drug-likeness (QED) is 0.428. The zero-order valence-electron chi connectivity index (χ0n) is 13.8. The average Bonchev–Trinajstić information content (AvgIpc) is 2.76. The summed E-state index contributed by atoms with van der Waals surface area (Å²) in [5.74, 6) is -0.571. The maximum Gasteiger partial charge on any atom is 0.325 e. The Morgan fingerprint density at radius 2 is 1.92 bits per heavy atom. The van der Waals surface area contributed by atoms with Crippen molar-refractivity contribution < 1.29 is 19.1 Å². The minimum Gasteiger partial charge on any atom is -0.491 e. The Morgan fingerprint density at radius 3 is 2.44 bits per heavy atom. The van der Waals surface area contributed by atoms with Crippen LogP contribution in [0.25, 0.3) is 6.08 Å². The van der Waals surface area contributed by atoms with Gasteiger partial charge in [0.1, 0.15) is 12.2 Å². The van der Waals surface area contributed by atoms with Crippen molar-refractivity contribution in [3.63, 3.8) is 0 Å². The standard InChI is InChI=1S/C16H16Cl2N2O4S/c1-4-24-14-10(17)5-9(6-11(14)18)7-12-15(22)20(8-13(21)23-3)16(25)19(12)2/h5-7H,4,8H2,1-3H3/b12-7-. The molecule has 0 aromatic heterocycles. The fraction of sp³-hybridized carbons (Fsp3) is 0.312. The van der Waals surface area contributed by atoms with Crippen molar-refractivity contribution in [2.24, 2.45) is 0 Å². The van der Waals surface area contributed by atoms with E-state index < -0.39 is 11.9 Å². The van der Waals surface area contributed by atoms with Crippen molar-refractivity contribution in [2.75, 3.05) is 27.3 Å². The van der Waals surface area contributed by atoms with E-state index in [0.29, 0.717) is 33.7 Å². The van der Waals surface area contributed by atoms with Crippen molar-refractivity contribution in [2.45, 2.75) is 6.92 Å². The summed E-state index contributed by atoms with van der Waals surface area (Å²) in [5, 5.41) is 0.886. The Hall–Kier alpha value is -1.83. The van der Waals surface area contributed by atoms with Gasteiger partial charge in [-0.25, -0.2) is 0 Å². The van der Waals surface area contributed by atoms with Crippen LogP contribution in [0.1, 0.15) is 12.5 Å². The van der Waals surface area contributed by atoms with Gasteiger partial charge in [-0.3, -0.25) is 14.5 Å². The zero-order valence-corrected chi connectivity index (χ0v) is 16.2. The van der Waals surface area contributed by atoms with Gasteiger partial charge >= 0.3 is 5.97 Å². The maximum absolute atomic E-state index is 12.6. The molecule has 134 valence electrons. The fourth-order valence-corrected chi connectivity index (χ4v) is 3.11. The number of carbonyl (C=O) groups excluding carboxylic acids is 2. The van der Waals surface area contributed by atoms with E-state index in [1.165, 1.54) is 16.9 Å². The number of esters is 1. The number of thiocarbonyl (C=S) groups is 1. The highest BCUT2D eigenvalue weighted by molar-refractivity contribution is 7.80. The topological polar surface area (TPSA) is 59.1 Å². The van der Waals surface area contributed by atoms with Crippen LogP contribution < -0.4 is 4.74 Å². The summed E-state index contributed by atoms with van der Waals surface area (Å²) in [5.41, 5.74) is 0.904. The van der Waals surface area contributed by atoms with E-state index in [4.69, 9.17) is 40.2 Å². The number of halogens is 2. The molecule has 1 aromatic rings. The van der Waals surface area contributed by atoms with Crippen molar-refractivity contribution in [3.8, 4) is 5.75 Å². The lowest BCUT2D eigenvalue weighted by Gasteiger charge is -2.14.